The van der Waals surface area contributed by atoms with Crippen LogP contribution < -0.4 is 10.2 Å². The van der Waals surface area contributed by atoms with Gasteiger partial charge in [-0.05, 0) is 44.1 Å². The van der Waals surface area contributed by atoms with Crippen molar-refractivity contribution in [2.24, 2.45) is 0 Å². The van der Waals surface area contributed by atoms with E-state index >= 15 is 0 Å². The van der Waals surface area contributed by atoms with Crippen LogP contribution in [-0.4, -0.2) is 32.6 Å². The number of hydrogen-bond donors (Lipinski definition) is 1. The Morgan fingerprint density at radius 1 is 1.09 bits per heavy atom. The Balaban J connectivity index is 1.38. The van der Waals surface area contributed by atoms with E-state index in [1.807, 2.05) is 16.9 Å². The van der Waals surface area contributed by atoms with Crippen molar-refractivity contribution in [2.45, 2.75) is 31.7 Å². The molecule has 1 saturated heterocycles. The summed E-state index contributed by atoms with van der Waals surface area (Å²) in [5.74, 6) is -1.33. The van der Waals surface area contributed by atoms with Crippen molar-refractivity contribution in [3.8, 4) is 11.1 Å². The summed E-state index contributed by atoms with van der Waals surface area (Å²) in [6.45, 7) is 1.56. The molecule has 0 amide bonds. The van der Waals surface area contributed by atoms with E-state index in [4.69, 9.17) is 4.84 Å². The van der Waals surface area contributed by atoms with E-state index in [0.717, 1.165) is 43.1 Å². The van der Waals surface area contributed by atoms with Crippen LogP contribution in [0.3, 0.4) is 0 Å². The average Bonchev–Trinajstić information content (AvgIpc) is 3.45. The van der Waals surface area contributed by atoms with E-state index < -0.39 is 17.6 Å². The minimum Gasteiger partial charge on any atom is -0.409 e. The van der Waals surface area contributed by atoms with E-state index in [0.29, 0.717) is 23.1 Å². The van der Waals surface area contributed by atoms with Crippen molar-refractivity contribution in [1.29, 1.82) is 0 Å². The summed E-state index contributed by atoms with van der Waals surface area (Å²) in [7, 11) is 0. The number of aromatic nitrogens is 4. The largest absolute Gasteiger partial charge is 0.419 e. The fraction of sp³-hybridized carbons (Fsp3) is 0.304. The maximum absolute atomic E-state index is 14.3. The third kappa shape index (κ3) is 4.30. The predicted octanol–water partition coefficient (Wildman–Crippen LogP) is 4.61. The van der Waals surface area contributed by atoms with Gasteiger partial charge in [0.1, 0.15) is 17.9 Å². The van der Waals surface area contributed by atoms with Crippen LogP contribution in [0.1, 0.15) is 30.0 Å². The molecule has 6 nitrogen and oxygen atoms in total. The zero-order valence-corrected chi connectivity index (χ0v) is 17.5. The lowest BCUT2D eigenvalue weighted by molar-refractivity contribution is -0.140. The molecule has 4 aromatic rings. The van der Waals surface area contributed by atoms with Crippen LogP contribution in [0, 0.1) is 5.82 Å². The molecule has 33 heavy (non-hydrogen) atoms. The van der Waals surface area contributed by atoms with Crippen molar-refractivity contribution >= 4 is 11.0 Å². The molecule has 1 aliphatic rings. The number of nitrogens with zero attached hydrogens (tertiary/aromatic N) is 4. The van der Waals surface area contributed by atoms with Crippen molar-refractivity contribution in [1.82, 2.24) is 24.8 Å². The molecule has 0 atom stereocenters. The Hall–Kier alpha value is -3.40. The Labute approximate surface area is 186 Å². The summed E-state index contributed by atoms with van der Waals surface area (Å²) in [5, 5.41) is 7.85. The zero-order chi connectivity index (χ0) is 23.0. The van der Waals surface area contributed by atoms with Crippen LogP contribution in [-0.2, 0) is 12.8 Å². The molecule has 1 N–H and O–H groups in total. The molecule has 0 saturated carbocycles. The minimum atomic E-state index is -4.77. The number of fused-ring (bicyclic) bond motifs is 1. The molecule has 10 heteroatoms. The monoisotopic (exact) mass is 459 g/mol. The first-order valence-electron chi connectivity index (χ1n) is 10.6. The lowest BCUT2D eigenvalue weighted by atomic mass is 10.1. The molecule has 0 unspecified atom stereocenters. The first-order valence-corrected chi connectivity index (χ1v) is 10.6. The fourth-order valence-electron chi connectivity index (χ4n) is 4.07. The number of alkyl halides is 3. The lowest BCUT2D eigenvalue weighted by Crippen LogP contribution is -2.29. The quantitative estimate of drug-likeness (QED) is 0.443. The topological polar surface area (TPSA) is 56.9 Å². The SMILES string of the molecule is Fc1c(COn2ccc3ncc(-c4cnn(C5CCNCC5)c4)cc32)cccc1C(F)(F)F. The Bertz CT molecular complexity index is 1270. The van der Waals surface area contributed by atoms with Crippen LogP contribution >= 0.6 is 0 Å². The van der Waals surface area contributed by atoms with Crippen LogP contribution in [0.25, 0.3) is 22.2 Å². The predicted molar refractivity (Wildman–Crippen MR) is 114 cm³/mol. The van der Waals surface area contributed by atoms with Crippen LogP contribution in [0.4, 0.5) is 17.6 Å². The molecule has 4 heterocycles. The van der Waals surface area contributed by atoms with Gasteiger partial charge in [0.2, 0.25) is 0 Å². The molecule has 1 aromatic carbocycles. The Morgan fingerprint density at radius 3 is 2.70 bits per heavy atom. The van der Waals surface area contributed by atoms with E-state index in [1.54, 1.807) is 24.7 Å². The first kappa shape index (κ1) is 21.4. The van der Waals surface area contributed by atoms with Gasteiger partial charge in [-0.25, -0.2) is 4.39 Å². The summed E-state index contributed by atoms with van der Waals surface area (Å²) in [5.41, 5.74) is 1.51. The number of benzene rings is 1. The van der Waals surface area contributed by atoms with Crippen molar-refractivity contribution in [2.75, 3.05) is 13.1 Å². The van der Waals surface area contributed by atoms with E-state index in [2.05, 4.69) is 15.4 Å². The molecule has 3 aromatic heterocycles. The van der Waals surface area contributed by atoms with Gasteiger partial charge in [0.15, 0.2) is 0 Å². The van der Waals surface area contributed by atoms with Gasteiger partial charge in [0.05, 0.1) is 23.3 Å². The van der Waals surface area contributed by atoms with Gasteiger partial charge in [-0.2, -0.15) is 23.0 Å². The highest BCUT2D eigenvalue weighted by molar-refractivity contribution is 5.80. The second kappa shape index (κ2) is 8.51. The maximum Gasteiger partial charge on any atom is 0.419 e. The third-order valence-electron chi connectivity index (χ3n) is 5.86. The molecule has 0 radical (unpaired) electrons. The number of rotatable bonds is 5. The number of hydrogen-bond acceptors (Lipinski definition) is 4. The molecular formula is C23H21F4N5O. The lowest BCUT2D eigenvalue weighted by Gasteiger charge is -2.22. The number of halogens is 4. The summed E-state index contributed by atoms with van der Waals surface area (Å²) < 4.78 is 56.6. The summed E-state index contributed by atoms with van der Waals surface area (Å²) in [6.07, 6.45) is 4.39. The smallest absolute Gasteiger partial charge is 0.409 e. The van der Waals surface area contributed by atoms with E-state index in [9.17, 15) is 17.6 Å². The van der Waals surface area contributed by atoms with Crippen molar-refractivity contribution in [3.05, 3.63) is 72.1 Å². The van der Waals surface area contributed by atoms with Crippen LogP contribution in [0.15, 0.2) is 55.1 Å². The van der Waals surface area contributed by atoms with Crippen LogP contribution in [0.2, 0.25) is 0 Å². The number of nitrogens with one attached hydrogen (secondary N) is 1. The fourth-order valence-corrected chi connectivity index (χ4v) is 4.07. The van der Waals surface area contributed by atoms with E-state index in [1.165, 1.54) is 10.8 Å². The summed E-state index contributed by atoms with van der Waals surface area (Å²) in [4.78, 5) is 10.1. The zero-order valence-electron chi connectivity index (χ0n) is 17.5. The maximum atomic E-state index is 14.3. The Kier molecular flexibility index (Phi) is 5.53. The van der Waals surface area contributed by atoms with Crippen LogP contribution in [0.5, 0.6) is 0 Å². The highest BCUT2D eigenvalue weighted by atomic mass is 19.4. The van der Waals surface area contributed by atoms with Gasteiger partial charge in [-0.1, -0.05) is 12.1 Å². The summed E-state index contributed by atoms with van der Waals surface area (Å²) >= 11 is 0. The Morgan fingerprint density at radius 2 is 1.91 bits per heavy atom. The number of pyridine rings is 1. The van der Waals surface area contributed by atoms with E-state index in [-0.39, 0.29) is 12.2 Å². The van der Waals surface area contributed by atoms with Gasteiger partial charge >= 0.3 is 6.18 Å². The van der Waals surface area contributed by atoms with Gasteiger partial charge in [-0.15, -0.1) is 0 Å². The van der Waals surface area contributed by atoms with Gasteiger partial charge < -0.3 is 10.2 Å². The minimum absolute atomic E-state index is 0.181. The highest BCUT2D eigenvalue weighted by Gasteiger charge is 2.34. The number of piperidine rings is 1. The molecule has 1 aliphatic heterocycles. The van der Waals surface area contributed by atoms with Gasteiger partial charge in [-0.3, -0.25) is 9.67 Å². The first-order chi connectivity index (χ1) is 15.9. The molecule has 0 bridgehead atoms. The van der Waals surface area contributed by atoms with Crippen molar-refractivity contribution < 1.29 is 22.4 Å². The normalized spacial score (nSPS) is 15.3. The highest BCUT2D eigenvalue weighted by Crippen LogP contribution is 2.32. The molecule has 5 rings (SSSR count). The second-order valence-corrected chi connectivity index (χ2v) is 8.01. The standard InChI is InChI=1S/C23H21F4N5O/c24-22-15(2-1-3-19(22)23(25,26)27)14-33-32-9-6-20-21(32)10-16(11-29-20)17-12-30-31(13-17)18-4-7-28-8-5-18/h1-3,6,9-13,18,28H,4-5,7-8,14H2. The third-order valence-corrected chi connectivity index (χ3v) is 5.86. The molecule has 0 spiro atoms. The van der Waals surface area contributed by atoms with Gasteiger partial charge in [0, 0.05) is 35.3 Å². The van der Waals surface area contributed by atoms with Crippen molar-refractivity contribution in [3.63, 3.8) is 0 Å². The molecule has 0 aliphatic carbocycles. The summed E-state index contributed by atoms with van der Waals surface area (Å²) in [6, 6.07) is 7.09. The average molecular weight is 459 g/mol. The molecule has 172 valence electrons. The second-order valence-electron chi connectivity index (χ2n) is 8.01. The van der Waals surface area contributed by atoms with Gasteiger partial charge in [0.25, 0.3) is 0 Å². The molecular weight excluding hydrogens is 438 g/mol. The molecule has 1 fully saturated rings.